The molecule has 3 heteroatoms. The molecule has 0 aromatic rings. The number of ether oxygens (including phenoxy) is 1. The molecule has 19 heavy (non-hydrogen) atoms. The summed E-state index contributed by atoms with van der Waals surface area (Å²) in [7, 11) is 0. The third-order valence-corrected chi connectivity index (χ3v) is 5.28. The Balaban J connectivity index is 1.91. The predicted molar refractivity (Wildman–Crippen MR) is 80.4 cm³/mol. The Morgan fingerprint density at radius 3 is 2.58 bits per heavy atom. The van der Waals surface area contributed by atoms with Gasteiger partial charge in [-0.3, -0.25) is 0 Å². The van der Waals surface area contributed by atoms with Crippen LogP contribution in [0.4, 0.5) is 0 Å². The zero-order chi connectivity index (χ0) is 13.7. The molecule has 0 aromatic heterocycles. The van der Waals surface area contributed by atoms with E-state index in [1.54, 1.807) is 0 Å². The van der Waals surface area contributed by atoms with Gasteiger partial charge < -0.3 is 15.0 Å². The number of nitrogens with zero attached hydrogens (tertiary/aromatic N) is 1. The van der Waals surface area contributed by atoms with Crippen LogP contribution in [0.1, 0.15) is 40.0 Å². The summed E-state index contributed by atoms with van der Waals surface area (Å²) in [6, 6.07) is 0. The molecule has 0 saturated carbocycles. The molecular formula is C16H32N2O. The average Bonchev–Trinajstić information content (AvgIpc) is 2.42. The first-order valence-corrected chi connectivity index (χ1v) is 8.16. The lowest BCUT2D eigenvalue weighted by atomic mass is 9.78. The van der Waals surface area contributed by atoms with Crippen LogP contribution in [0.15, 0.2) is 0 Å². The number of rotatable bonds is 5. The number of hydrogen-bond acceptors (Lipinski definition) is 3. The van der Waals surface area contributed by atoms with Gasteiger partial charge in [0, 0.05) is 32.8 Å². The molecule has 0 spiro atoms. The van der Waals surface area contributed by atoms with Crippen molar-refractivity contribution in [2.45, 2.75) is 40.0 Å². The molecule has 0 amide bonds. The van der Waals surface area contributed by atoms with Crippen molar-refractivity contribution in [3.63, 3.8) is 0 Å². The van der Waals surface area contributed by atoms with Crippen LogP contribution in [0.25, 0.3) is 0 Å². The van der Waals surface area contributed by atoms with Crippen molar-refractivity contribution in [3.8, 4) is 0 Å². The Bertz CT molecular complexity index is 263. The van der Waals surface area contributed by atoms with Crippen LogP contribution in [0.2, 0.25) is 0 Å². The molecule has 2 aliphatic heterocycles. The second-order valence-electron chi connectivity index (χ2n) is 6.87. The van der Waals surface area contributed by atoms with Crippen molar-refractivity contribution < 1.29 is 4.74 Å². The van der Waals surface area contributed by atoms with Gasteiger partial charge in [0.2, 0.25) is 0 Å². The summed E-state index contributed by atoms with van der Waals surface area (Å²) in [5.74, 6) is 1.75. The maximum Gasteiger partial charge on any atom is 0.0472 e. The Morgan fingerprint density at radius 1 is 1.21 bits per heavy atom. The van der Waals surface area contributed by atoms with E-state index in [4.69, 9.17) is 4.74 Å². The Labute approximate surface area is 119 Å². The van der Waals surface area contributed by atoms with E-state index < -0.39 is 0 Å². The molecule has 0 bridgehead atoms. The average molecular weight is 268 g/mol. The minimum atomic E-state index is 0.453. The normalized spacial score (nSPS) is 32.4. The zero-order valence-electron chi connectivity index (χ0n) is 13.1. The van der Waals surface area contributed by atoms with E-state index in [0.29, 0.717) is 5.41 Å². The molecular weight excluding hydrogens is 236 g/mol. The highest BCUT2D eigenvalue weighted by molar-refractivity contribution is 4.89. The van der Waals surface area contributed by atoms with E-state index in [2.05, 4.69) is 31.0 Å². The first kappa shape index (κ1) is 15.3. The van der Waals surface area contributed by atoms with Gasteiger partial charge in [0.05, 0.1) is 0 Å². The van der Waals surface area contributed by atoms with E-state index in [9.17, 15) is 0 Å². The third-order valence-electron chi connectivity index (χ3n) is 5.28. The molecule has 1 N–H and O–H groups in total. The Hall–Kier alpha value is -0.120. The number of likely N-dealkylation sites (tertiary alicyclic amines) is 1. The van der Waals surface area contributed by atoms with Gasteiger partial charge in [-0.1, -0.05) is 20.8 Å². The summed E-state index contributed by atoms with van der Waals surface area (Å²) < 4.78 is 5.59. The summed E-state index contributed by atoms with van der Waals surface area (Å²) in [5, 5.41) is 3.59. The summed E-state index contributed by atoms with van der Waals surface area (Å²) in [6.07, 6.45) is 3.82. The van der Waals surface area contributed by atoms with Crippen LogP contribution in [0, 0.1) is 17.3 Å². The third kappa shape index (κ3) is 4.17. The Morgan fingerprint density at radius 2 is 1.95 bits per heavy atom. The minimum Gasteiger partial charge on any atom is -0.381 e. The van der Waals surface area contributed by atoms with E-state index in [0.717, 1.165) is 38.1 Å². The maximum absolute atomic E-state index is 5.59. The highest BCUT2D eigenvalue weighted by atomic mass is 16.5. The molecule has 0 radical (unpaired) electrons. The van der Waals surface area contributed by atoms with Crippen molar-refractivity contribution in [1.82, 2.24) is 10.2 Å². The van der Waals surface area contributed by atoms with Gasteiger partial charge in [-0.15, -0.1) is 0 Å². The topological polar surface area (TPSA) is 24.5 Å². The minimum absolute atomic E-state index is 0.453. The Kier molecular flexibility index (Phi) is 5.67. The van der Waals surface area contributed by atoms with E-state index >= 15 is 0 Å². The molecule has 2 heterocycles. The lowest BCUT2D eigenvalue weighted by Crippen LogP contribution is -2.50. The van der Waals surface area contributed by atoms with Crippen molar-refractivity contribution in [2.24, 2.45) is 17.3 Å². The summed E-state index contributed by atoms with van der Waals surface area (Å²) >= 11 is 0. The standard InChI is InChI=1S/C16H32N2O/c1-4-17-12-16(6-9-19-10-7-16)13-18-8-5-14(2)15(3)11-18/h14-15,17H,4-13H2,1-3H3. The molecule has 3 nitrogen and oxygen atoms in total. The quantitative estimate of drug-likeness (QED) is 0.828. The maximum atomic E-state index is 5.59. The monoisotopic (exact) mass is 268 g/mol. The van der Waals surface area contributed by atoms with Crippen molar-refractivity contribution >= 4 is 0 Å². The van der Waals surface area contributed by atoms with Crippen molar-refractivity contribution in [2.75, 3.05) is 45.9 Å². The molecule has 2 fully saturated rings. The van der Waals surface area contributed by atoms with Crippen LogP contribution in [-0.4, -0.2) is 50.8 Å². The highest BCUT2D eigenvalue weighted by Gasteiger charge is 2.35. The van der Waals surface area contributed by atoms with Gasteiger partial charge in [0.25, 0.3) is 0 Å². The summed E-state index contributed by atoms with van der Waals surface area (Å²) in [6.45, 7) is 15.0. The van der Waals surface area contributed by atoms with Crippen molar-refractivity contribution in [1.29, 1.82) is 0 Å². The van der Waals surface area contributed by atoms with Gasteiger partial charge in [-0.25, -0.2) is 0 Å². The lowest BCUT2D eigenvalue weighted by molar-refractivity contribution is -0.0139. The molecule has 112 valence electrons. The zero-order valence-corrected chi connectivity index (χ0v) is 13.1. The SMILES string of the molecule is CCNCC1(CN2CCC(C)C(C)C2)CCOCC1. The van der Waals surface area contributed by atoms with Crippen LogP contribution >= 0.6 is 0 Å². The van der Waals surface area contributed by atoms with Gasteiger partial charge in [-0.05, 0) is 49.6 Å². The second-order valence-corrected chi connectivity index (χ2v) is 6.87. The van der Waals surface area contributed by atoms with Crippen LogP contribution in [0.3, 0.4) is 0 Å². The first-order chi connectivity index (χ1) is 9.15. The molecule has 0 aliphatic carbocycles. The summed E-state index contributed by atoms with van der Waals surface area (Å²) in [4.78, 5) is 2.72. The van der Waals surface area contributed by atoms with Crippen LogP contribution < -0.4 is 5.32 Å². The predicted octanol–water partition coefficient (Wildman–Crippen LogP) is 2.37. The van der Waals surface area contributed by atoms with Crippen LogP contribution in [0.5, 0.6) is 0 Å². The van der Waals surface area contributed by atoms with E-state index in [1.807, 2.05) is 0 Å². The van der Waals surface area contributed by atoms with Gasteiger partial charge in [0.1, 0.15) is 0 Å². The summed E-state index contributed by atoms with van der Waals surface area (Å²) in [5.41, 5.74) is 0.453. The smallest absolute Gasteiger partial charge is 0.0472 e. The van der Waals surface area contributed by atoms with E-state index in [1.165, 1.54) is 38.9 Å². The molecule has 2 atom stereocenters. The highest BCUT2D eigenvalue weighted by Crippen LogP contribution is 2.33. The number of hydrogen-bond donors (Lipinski definition) is 1. The van der Waals surface area contributed by atoms with Gasteiger partial charge in [-0.2, -0.15) is 0 Å². The fourth-order valence-corrected chi connectivity index (χ4v) is 3.55. The van der Waals surface area contributed by atoms with Gasteiger partial charge >= 0.3 is 0 Å². The fourth-order valence-electron chi connectivity index (χ4n) is 3.55. The number of nitrogens with one attached hydrogen (secondary N) is 1. The molecule has 2 rings (SSSR count). The molecule has 2 aliphatic rings. The second kappa shape index (κ2) is 7.05. The first-order valence-electron chi connectivity index (χ1n) is 8.16. The van der Waals surface area contributed by atoms with Crippen molar-refractivity contribution in [3.05, 3.63) is 0 Å². The van der Waals surface area contributed by atoms with E-state index in [-0.39, 0.29) is 0 Å². The molecule has 0 aromatic carbocycles. The fraction of sp³-hybridized carbons (Fsp3) is 1.00. The van der Waals surface area contributed by atoms with Crippen LogP contribution in [-0.2, 0) is 4.74 Å². The molecule has 2 unspecified atom stereocenters. The molecule has 2 saturated heterocycles. The largest absolute Gasteiger partial charge is 0.381 e. The lowest BCUT2D eigenvalue weighted by Gasteiger charge is -2.44. The number of piperidine rings is 1. The van der Waals surface area contributed by atoms with Gasteiger partial charge in [0.15, 0.2) is 0 Å².